The molecular formula is C12H17NOS. The molecule has 1 saturated heterocycles. The second kappa shape index (κ2) is 4.90. The van der Waals surface area contributed by atoms with Gasteiger partial charge in [0, 0.05) is 23.7 Å². The summed E-state index contributed by atoms with van der Waals surface area (Å²) in [4.78, 5) is 3.72. The predicted molar refractivity (Wildman–Crippen MR) is 65.9 cm³/mol. The van der Waals surface area contributed by atoms with Crippen LogP contribution in [0.1, 0.15) is 6.92 Å². The van der Waals surface area contributed by atoms with E-state index in [-0.39, 0.29) is 0 Å². The lowest BCUT2D eigenvalue weighted by Crippen LogP contribution is -2.41. The molecule has 1 aromatic rings. The minimum absolute atomic E-state index is 0.344. The van der Waals surface area contributed by atoms with Crippen LogP contribution in [0.15, 0.2) is 29.2 Å². The highest BCUT2D eigenvalue weighted by molar-refractivity contribution is 7.98. The van der Waals surface area contributed by atoms with Gasteiger partial charge in [0.2, 0.25) is 0 Å². The maximum Gasteiger partial charge on any atom is 0.0722 e. The second-order valence-corrected chi connectivity index (χ2v) is 4.71. The van der Waals surface area contributed by atoms with E-state index in [9.17, 15) is 0 Å². The molecule has 0 radical (unpaired) electrons. The highest BCUT2D eigenvalue weighted by Gasteiger charge is 2.16. The minimum Gasteiger partial charge on any atom is -0.375 e. The molecule has 0 saturated carbocycles. The molecule has 2 nitrogen and oxygen atoms in total. The van der Waals surface area contributed by atoms with Gasteiger partial charge in [-0.05, 0) is 31.4 Å². The third kappa shape index (κ3) is 2.67. The van der Waals surface area contributed by atoms with Crippen LogP contribution in [0.3, 0.4) is 0 Å². The quantitative estimate of drug-likeness (QED) is 0.715. The van der Waals surface area contributed by atoms with Crippen molar-refractivity contribution in [2.75, 3.05) is 30.9 Å². The molecule has 3 heteroatoms. The lowest BCUT2D eigenvalue weighted by molar-refractivity contribution is 0.0532. The lowest BCUT2D eigenvalue weighted by atomic mass is 10.2. The number of ether oxygens (including phenoxy) is 1. The molecule has 1 unspecified atom stereocenters. The first-order chi connectivity index (χ1) is 7.29. The fraction of sp³-hybridized carbons (Fsp3) is 0.500. The van der Waals surface area contributed by atoms with Gasteiger partial charge in [-0.25, -0.2) is 0 Å². The summed E-state index contributed by atoms with van der Waals surface area (Å²) in [6, 6.07) is 8.71. The Balaban J connectivity index is 2.13. The third-order valence-corrected chi connectivity index (χ3v) is 3.38. The minimum atomic E-state index is 0.344. The van der Waals surface area contributed by atoms with Gasteiger partial charge in [-0.3, -0.25) is 0 Å². The summed E-state index contributed by atoms with van der Waals surface area (Å²) in [7, 11) is 0. The van der Waals surface area contributed by atoms with Crippen molar-refractivity contribution in [2.24, 2.45) is 0 Å². The van der Waals surface area contributed by atoms with Crippen molar-refractivity contribution in [3.8, 4) is 0 Å². The molecule has 0 amide bonds. The summed E-state index contributed by atoms with van der Waals surface area (Å²) >= 11 is 1.79. The fourth-order valence-electron chi connectivity index (χ4n) is 1.86. The zero-order valence-electron chi connectivity index (χ0n) is 9.27. The third-order valence-electron chi connectivity index (χ3n) is 2.66. The van der Waals surface area contributed by atoms with Gasteiger partial charge < -0.3 is 9.64 Å². The van der Waals surface area contributed by atoms with E-state index < -0.39 is 0 Å². The summed E-state index contributed by atoms with van der Waals surface area (Å²) in [5.41, 5.74) is 1.32. The average molecular weight is 223 g/mol. The summed E-state index contributed by atoms with van der Waals surface area (Å²) in [5.74, 6) is 0. The Kier molecular flexibility index (Phi) is 3.54. The van der Waals surface area contributed by atoms with Crippen LogP contribution in [0.5, 0.6) is 0 Å². The van der Waals surface area contributed by atoms with Crippen LogP contribution in [0.4, 0.5) is 5.69 Å². The normalized spacial score (nSPS) is 21.7. The second-order valence-electron chi connectivity index (χ2n) is 3.83. The topological polar surface area (TPSA) is 12.5 Å². The molecule has 1 aromatic carbocycles. The molecule has 1 heterocycles. The Morgan fingerprint density at radius 1 is 1.47 bits per heavy atom. The van der Waals surface area contributed by atoms with E-state index in [1.807, 2.05) is 0 Å². The largest absolute Gasteiger partial charge is 0.375 e. The number of morpholine rings is 1. The Morgan fingerprint density at radius 3 is 3.07 bits per heavy atom. The predicted octanol–water partition coefficient (Wildman–Crippen LogP) is 2.63. The van der Waals surface area contributed by atoms with Gasteiger partial charge in [-0.15, -0.1) is 11.8 Å². The molecule has 1 fully saturated rings. The number of nitrogens with zero attached hydrogens (tertiary/aromatic N) is 1. The number of hydrogen-bond donors (Lipinski definition) is 0. The summed E-state index contributed by atoms with van der Waals surface area (Å²) < 4.78 is 5.54. The van der Waals surface area contributed by atoms with Gasteiger partial charge in [0.25, 0.3) is 0 Å². The van der Waals surface area contributed by atoms with Crippen molar-refractivity contribution in [1.29, 1.82) is 0 Å². The van der Waals surface area contributed by atoms with Crippen molar-refractivity contribution in [1.82, 2.24) is 0 Å². The number of rotatable bonds is 2. The smallest absolute Gasteiger partial charge is 0.0722 e. The van der Waals surface area contributed by atoms with Gasteiger partial charge in [0.1, 0.15) is 0 Å². The first-order valence-electron chi connectivity index (χ1n) is 5.30. The summed E-state index contributed by atoms with van der Waals surface area (Å²) in [5, 5.41) is 0. The van der Waals surface area contributed by atoms with Gasteiger partial charge in [-0.1, -0.05) is 6.07 Å². The van der Waals surface area contributed by atoms with Crippen molar-refractivity contribution in [3.63, 3.8) is 0 Å². The van der Waals surface area contributed by atoms with E-state index in [2.05, 4.69) is 42.3 Å². The average Bonchev–Trinajstić information content (AvgIpc) is 2.29. The first kappa shape index (κ1) is 10.8. The molecule has 1 atom stereocenters. The zero-order chi connectivity index (χ0) is 10.7. The molecule has 1 aliphatic heterocycles. The fourth-order valence-corrected chi connectivity index (χ4v) is 2.31. The van der Waals surface area contributed by atoms with E-state index in [0.29, 0.717) is 6.10 Å². The van der Waals surface area contributed by atoms with Crippen LogP contribution >= 0.6 is 11.8 Å². The molecular weight excluding hydrogens is 206 g/mol. The van der Waals surface area contributed by atoms with E-state index in [4.69, 9.17) is 4.74 Å². The molecule has 2 rings (SSSR count). The van der Waals surface area contributed by atoms with E-state index in [1.165, 1.54) is 10.6 Å². The maximum absolute atomic E-state index is 5.54. The van der Waals surface area contributed by atoms with Crippen LogP contribution in [-0.4, -0.2) is 32.1 Å². The van der Waals surface area contributed by atoms with E-state index >= 15 is 0 Å². The summed E-state index contributed by atoms with van der Waals surface area (Å²) in [6.07, 6.45) is 2.46. The number of anilines is 1. The van der Waals surface area contributed by atoms with Crippen LogP contribution in [0.25, 0.3) is 0 Å². The van der Waals surface area contributed by atoms with Crippen LogP contribution in [0, 0.1) is 0 Å². The van der Waals surface area contributed by atoms with Gasteiger partial charge in [0.15, 0.2) is 0 Å². The van der Waals surface area contributed by atoms with Crippen molar-refractivity contribution in [2.45, 2.75) is 17.9 Å². The number of hydrogen-bond acceptors (Lipinski definition) is 3. The first-order valence-corrected chi connectivity index (χ1v) is 6.52. The highest BCUT2D eigenvalue weighted by Crippen LogP contribution is 2.23. The number of thioether (sulfide) groups is 1. The molecule has 0 spiro atoms. The van der Waals surface area contributed by atoms with Gasteiger partial charge >= 0.3 is 0 Å². The Bertz CT molecular complexity index is 329. The molecule has 15 heavy (non-hydrogen) atoms. The Morgan fingerprint density at radius 2 is 2.33 bits per heavy atom. The van der Waals surface area contributed by atoms with Crippen molar-refractivity contribution < 1.29 is 4.74 Å². The monoisotopic (exact) mass is 223 g/mol. The molecule has 0 aliphatic carbocycles. The molecule has 82 valence electrons. The van der Waals surface area contributed by atoms with Gasteiger partial charge in [0.05, 0.1) is 12.7 Å². The SMILES string of the molecule is CSc1cccc(N2CCOC(C)C2)c1. The van der Waals surface area contributed by atoms with Crippen molar-refractivity contribution in [3.05, 3.63) is 24.3 Å². The Hall–Kier alpha value is -0.670. The maximum atomic E-state index is 5.54. The van der Waals surface area contributed by atoms with Crippen LogP contribution < -0.4 is 4.90 Å². The van der Waals surface area contributed by atoms with Crippen LogP contribution in [-0.2, 0) is 4.74 Å². The standard InChI is InChI=1S/C12H17NOS/c1-10-9-13(6-7-14-10)11-4-3-5-12(8-11)15-2/h3-5,8,10H,6-7,9H2,1-2H3. The summed E-state index contributed by atoms with van der Waals surface area (Å²) in [6.45, 7) is 4.97. The number of benzene rings is 1. The van der Waals surface area contributed by atoms with Crippen LogP contribution in [0.2, 0.25) is 0 Å². The van der Waals surface area contributed by atoms with Crippen molar-refractivity contribution >= 4 is 17.4 Å². The van der Waals surface area contributed by atoms with E-state index in [1.54, 1.807) is 11.8 Å². The molecule has 0 bridgehead atoms. The molecule has 1 aliphatic rings. The zero-order valence-corrected chi connectivity index (χ0v) is 10.1. The Labute approximate surface area is 95.6 Å². The highest BCUT2D eigenvalue weighted by atomic mass is 32.2. The van der Waals surface area contributed by atoms with Gasteiger partial charge in [-0.2, -0.15) is 0 Å². The molecule has 0 aromatic heterocycles. The van der Waals surface area contributed by atoms with E-state index in [0.717, 1.165) is 19.7 Å². The lowest BCUT2D eigenvalue weighted by Gasteiger charge is -2.33. The molecule has 0 N–H and O–H groups in total.